The van der Waals surface area contributed by atoms with Crippen LogP contribution in [-0.4, -0.2) is 21.3 Å². The highest BCUT2D eigenvalue weighted by atomic mass is 19.4. The molecule has 0 amide bonds. The second kappa shape index (κ2) is 6.91. The minimum atomic E-state index is -4.72. The van der Waals surface area contributed by atoms with Gasteiger partial charge in [-0.25, -0.2) is 0 Å². The van der Waals surface area contributed by atoms with Gasteiger partial charge >= 0.3 is 6.36 Å². The quantitative estimate of drug-likeness (QED) is 0.495. The highest BCUT2D eigenvalue weighted by Crippen LogP contribution is 2.32. The molecule has 0 bridgehead atoms. The fourth-order valence-electron chi connectivity index (χ4n) is 2.75. The average Bonchev–Trinajstić information content (AvgIpc) is 3.24. The minimum absolute atomic E-state index is 0.275. The van der Waals surface area contributed by atoms with Gasteiger partial charge in [-0.2, -0.15) is 5.10 Å². The van der Waals surface area contributed by atoms with Crippen molar-refractivity contribution in [2.24, 2.45) is 7.05 Å². The average molecular weight is 389 g/mol. The molecular formula is C19H14F3N3O3. The lowest BCUT2D eigenvalue weighted by Gasteiger charge is -2.09. The molecule has 0 atom stereocenters. The zero-order chi connectivity index (χ0) is 19.7. The molecule has 0 aliphatic carbocycles. The van der Waals surface area contributed by atoms with Crippen LogP contribution in [0.2, 0.25) is 0 Å². The molecule has 4 aromatic rings. The van der Waals surface area contributed by atoms with Crippen molar-refractivity contribution < 1.29 is 27.2 Å². The van der Waals surface area contributed by atoms with E-state index in [1.165, 1.54) is 12.1 Å². The van der Waals surface area contributed by atoms with Crippen molar-refractivity contribution >= 4 is 11.0 Å². The lowest BCUT2D eigenvalue weighted by atomic mass is 10.0. The van der Waals surface area contributed by atoms with E-state index < -0.39 is 6.36 Å². The molecule has 0 aliphatic rings. The first-order chi connectivity index (χ1) is 13.4. The third kappa shape index (κ3) is 3.93. The van der Waals surface area contributed by atoms with Gasteiger partial charge in [0.1, 0.15) is 12.4 Å². The second-order valence-electron chi connectivity index (χ2n) is 6.08. The summed E-state index contributed by atoms with van der Waals surface area (Å²) in [6, 6.07) is 11.0. The van der Waals surface area contributed by atoms with Gasteiger partial charge < -0.3 is 14.0 Å². The molecule has 0 aliphatic heterocycles. The Morgan fingerprint density at radius 2 is 1.82 bits per heavy atom. The number of aromatic nitrogens is 3. The van der Waals surface area contributed by atoms with Crippen molar-refractivity contribution in [3.05, 3.63) is 60.4 Å². The normalized spacial score (nSPS) is 11.7. The SMILES string of the molecule is Cn1cc(COc2noc3ccc(-c4ccc(OC(F)(F)F)cc4)cc23)cn1. The second-order valence-corrected chi connectivity index (χ2v) is 6.08. The number of fused-ring (bicyclic) bond motifs is 1. The molecule has 0 N–H and O–H groups in total. The van der Waals surface area contributed by atoms with Gasteiger partial charge in [-0.15, -0.1) is 13.2 Å². The maximum atomic E-state index is 12.3. The maximum absolute atomic E-state index is 12.3. The molecule has 28 heavy (non-hydrogen) atoms. The Kier molecular flexibility index (Phi) is 4.42. The molecule has 9 heteroatoms. The first-order valence-electron chi connectivity index (χ1n) is 8.23. The fourth-order valence-corrected chi connectivity index (χ4v) is 2.75. The number of alkyl halides is 3. The number of halogens is 3. The maximum Gasteiger partial charge on any atom is 0.573 e. The van der Waals surface area contributed by atoms with Crippen LogP contribution >= 0.6 is 0 Å². The Morgan fingerprint density at radius 3 is 2.50 bits per heavy atom. The molecule has 0 saturated heterocycles. The highest BCUT2D eigenvalue weighted by Gasteiger charge is 2.30. The molecule has 6 nitrogen and oxygen atoms in total. The van der Waals surface area contributed by atoms with Crippen LogP contribution in [-0.2, 0) is 13.7 Å². The summed E-state index contributed by atoms with van der Waals surface area (Å²) in [5.41, 5.74) is 2.92. The summed E-state index contributed by atoms with van der Waals surface area (Å²) < 4.78 is 53.4. The van der Waals surface area contributed by atoms with E-state index in [4.69, 9.17) is 9.26 Å². The number of nitrogens with zero attached hydrogens (tertiary/aromatic N) is 3. The van der Waals surface area contributed by atoms with Crippen molar-refractivity contribution in [2.45, 2.75) is 13.0 Å². The Morgan fingerprint density at radius 1 is 1.07 bits per heavy atom. The molecule has 2 aromatic heterocycles. The summed E-state index contributed by atoms with van der Waals surface area (Å²) in [4.78, 5) is 0. The molecule has 0 fully saturated rings. The summed E-state index contributed by atoms with van der Waals surface area (Å²) in [5, 5.41) is 8.67. The van der Waals surface area contributed by atoms with Gasteiger partial charge in [0.25, 0.3) is 5.88 Å². The van der Waals surface area contributed by atoms with E-state index in [2.05, 4.69) is 15.0 Å². The van der Waals surface area contributed by atoms with Crippen LogP contribution in [0.4, 0.5) is 13.2 Å². The highest BCUT2D eigenvalue weighted by molar-refractivity contribution is 5.87. The van der Waals surface area contributed by atoms with E-state index in [1.54, 1.807) is 35.1 Å². The summed E-state index contributed by atoms with van der Waals surface area (Å²) in [7, 11) is 1.81. The van der Waals surface area contributed by atoms with Crippen molar-refractivity contribution in [2.75, 3.05) is 0 Å². The molecule has 0 unspecified atom stereocenters. The lowest BCUT2D eigenvalue weighted by Crippen LogP contribution is -2.16. The third-order valence-corrected chi connectivity index (χ3v) is 3.99. The minimum Gasteiger partial charge on any atom is -0.470 e. The van der Waals surface area contributed by atoms with Gasteiger partial charge in [0, 0.05) is 18.8 Å². The fraction of sp³-hybridized carbons (Fsp3) is 0.158. The van der Waals surface area contributed by atoms with Crippen LogP contribution in [0.5, 0.6) is 11.6 Å². The van der Waals surface area contributed by atoms with Crippen molar-refractivity contribution in [1.29, 1.82) is 0 Å². The molecule has 144 valence electrons. The number of hydrogen-bond donors (Lipinski definition) is 0. The van der Waals surface area contributed by atoms with E-state index in [9.17, 15) is 13.2 Å². The van der Waals surface area contributed by atoms with Crippen molar-refractivity contribution in [1.82, 2.24) is 14.9 Å². The Balaban J connectivity index is 1.56. The Bertz CT molecular complexity index is 1100. The zero-order valence-electron chi connectivity index (χ0n) is 14.6. The molecule has 0 saturated carbocycles. The van der Waals surface area contributed by atoms with Gasteiger partial charge in [0.05, 0.1) is 11.6 Å². The van der Waals surface area contributed by atoms with Crippen LogP contribution in [0, 0.1) is 0 Å². The van der Waals surface area contributed by atoms with Crippen LogP contribution in [0.1, 0.15) is 5.56 Å². The predicted octanol–water partition coefficient (Wildman–Crippen LogP) is 4.71. The summed E-state index contributed by atoms with van der Waals surface area (Å²) >= 11 is 0. The van der Waals surface area contributed by atoms with Crippen molar-refractivity contribution in [3.8, 4) is 22.8 Å². The largest absolute Gasteiger partial charge is 0.573 e. The molecular weight excluding hydrogens is 375 g/mol. The molecule has 2 heterocycles. The van der Waals surface area contributed by atoms with Gasteiger partial charge in [-0.05, 0) is 40.5 Å². The molecule has 0 spiro atoms. The van der Waals surface area contributed by atoms with E-state index in [0.717, 1.165) is 16.7 Å². The Labute approximate surface area is 157 Å². The summed E-state index contributed by atoms with van der Waals surface area (Å²) in [6.07, 6.45) is -1.19. The number of hydrogen-bond acceptors (Lipinski definition) is 5. The van der Waals surface area contributed by atoms with E-state index >= 15 is 0 Å². The third-order valence-electron chi connectivity index (χ3n) is 3.99. The zero-order valence-corrected chi connectivity index (χ0v) is 14.6. The lowest BCUT2D eigenvalue weighted by molar-refractivity contribution is -0.274. The summed E-state index contributed by atoms with van der Waals surface area (Å²) in [6.45, 7) is 0.281. The van der Waals surface area contributed by atoms with Gasteiger partial charge in [-0.3, -0.25) is 4.68 Å². The van der Waals surface area contributed by atoms with E-state index in [0.29, 0.717) is 16.8 Å². The van der Waals surface area contributed by atoms with Gasteiger partial charge in [0.2, 0.25) is 0 Å². The monoisotopic (exact) mass is 389 g/mol. The topological polar surface area (TPSA) is 62.3 Å². The van der Waals surface area contributed by atoms with E-state index in [1.807, 2.05) is 19.3 Å². The van der Waals surface area contributed by atoms with Gasteiger partial charge in [-0.1, -0.05) is 18.2 Å². The predicted molar refractivity (Wildman–Crippen MR) is 93.7 cm³/mol. The van der Waals surface area contributed by atoms with Crippen LogP contribution in [0.15, 0.2) is 59.4 Å². The number of ether oxygens (including phenoxy) is 2. The van der Waals surface area contributed by atoms with Crippen LogP contribution in [0.25, 0.3) is 22.1 Å². The standard InChI is InChI=1S/C19H14F3N3O3/c1-25-10-12(9-23-25)11-26-18-16-8-14(4-7-17(16)28-24-18)13-2-5-15(6-3-13)27-19(20,21)22/h2-10H,11H2,1H3. The Hall–Kier alpha value is -3.49. The molecule has 4 rings (SSSR count). The van der Waals surface area contributed by atoms with Crippen LogP contribution < -0.4 is 9.47 Å². The van der Waals surface area contributed by atoms with E-state index in [-0.39, 0.29) is 12.4 Å². The van der Waals surface area contributed by atoms with Crippen LogP contribution in [0.3, 0.4) is 0 Å². The van der Waals surface area contributed by atoms with Gasteiger partial charge in [0.15, 0.2) is 5.58 Å². The number of benzene rings is 2. The summed E-state index contributed by atoms with van der Waals surface area (Å²) in [5.74, 6) is 0.0560. The number of aryl methyl sites for hydroxylation is 1. The smallest absolute Gasteiger partial charge is 0.470 e. The first kappa shape index (κ1) is 17.9. The molecule has 2 aromatic carbocycles. The first-order valence-corrected chi connectivity index (χ1v) is 8.23. The number of rotatable bonds is 5. The molecule has 0 radical (unpaired) electrons. The van der Waals surface area contributed by atoms with Crippen molar-refractivity contribution in [3.63, 3.8) is 0 Å².